The lowest BCUT2D eigenvalue weighted by Crippen LogP contribution is -2.39. The van der Waals surface area contributed by atoms with E-state index in [0.29, 0.717) is 0 Å². The van der Waals surface area contributed by atoms with E-state index in [-0.39, 0.29) is 16.8 Å². The minimum Gasteiger partial charge on any atom is -0.370 e. The summed E-state index contributed by atoms with van der Waals surface area (Å²) in [7, 11) is -4.00. The van der Waals surface area contributed by atoms with E-state index in [0.717, 1.165) is 0 Å². The van der Waals surface area contributed by atoms with Gasteiger partial charge in [0.15, 0.2) is 11.9 Å². The molecule has 0 aliphatic rings. The van der Waals surface area contributed by atoms with Crippen LogP contribution in [0.1, 0.15) is 52.4 Å². The Morgan fingerprint density at radius 3 is 1.56 bits per heavy atom. The third-order valence-electron chi connectivity index (χ3n) is 2.77. The van der Waals surface area contributed by atoms with E-state index in [9.17, 15) is 8.42 Å². The summed E-state index contributed by atoms with van der Waals surface area (Å²) in [5.74, 6) is -0.625. The zero-order valence-corrected chi connectivity index (χ0v) is 15.8. The molecule has 9 heteroatoms. The Hall–Kier alpha value is -2.13. The predicted octanol–water partition coefficient (Wildman–Crippen LogP) is 2.66. The molecule has 0 spiro atoms. The fraction of sp³-hybridized carbons (Fsp3) is 0.500. The number of hydrogen-bond donors (Lipinski definition) is 6. The van der Waals surface area contributed by atoms with Crippen molar-refractivity contribution in [1.82, 2.24) is 5.32 Å². The van der Waals surface area contributed by atoms with Gasteiger partial charge in [-0.15, -0.1) is 0 Å². The molecule has 144 valence electrons. The van der Waals surface area contributed by atoms with Crippen LogP contribution in [0.15, 0.2) is 35.2 Å². The Labute approximate surface area is 150 Å². The first-order valence-corrected chi connectivity index (χ1v) is 9.56. The molecule has 0 saturated heterocycles. The molecule has 1 rings (SSSR count). The van der Waals surface area contributed by atoms with E-state index >= 15 is 0 Å². The zero-order chi connectivity index (χ0) is 19.7. The van der Waals surface area contributed by atoms with Crippen molar-refractivity contribution in [3.63, 3.8) is 0 Å². The lowest BCUT2D eigenvalue weighted by molar-refractivity contribution is 0.483. The highest BCUT2D eigenvalue weighted by Crippen LogP contribution is 2.05. The summed E-state index contributed by atoms with van der Waals surface area (Å²) in [6, 6.07) is 7.42. The maximum absolute atomic E-state index is 10.4. The van der Waals surface area contributed by atoms with Crippen molar-refractivity contribution in [2.75, 3.05) is 0 Å². The largest absolute Gasteiger partial charge is 0.370 e. The summed E-state index contributed by atoms with van der Waals surface area (Å²) in [6.07, 6.45) is 8.49. The molecule has 0 atom stereocenters. The van der Waals surface area contributed by atoms with E-state index in [1.807, 2.05) is 5.32 Å². The summed E-state index contributed by atoms with van der Waals surface area (Å²) in [5.41, 5.74) is 9.49. The van der Waals surface area contributed by atoms with Gasteiger partial charge in [-0.25, -0.2) is 0 Å². The molecule has 0 aliphatic heterocycles. The highest BCUT2D eigenvalue weighted by molar-refractivity contribution is 7.85. The molecule has 0 amide bonds. The standard InChI is InChI=1S/C8H18.C6H6O3S.C2H7N5/c1-3-5-7-8-6-4-2;7-10(8,9)6-4-2-1-3-5-6;3-1(4)7-2(5)6/h3-8H2,1-2H3;1-5H,(H,7,8,9);(H7,3,4,5,6,7). The molecule has 0 aromatic heterocycles. The van der Waals surface area contributed by atoms with Gasteiger partial charge in [0.2, 0.25) is 0 Å². The SMILES string of the molecule is CCCCCCCC.N=C(N)NC(=N)N.O=S(=O)(O)c1ccccc1. The van der Waals surface area contributed by atoms with E-state index in [1.54, 1.807) is 18.2 Å². The summed E-state index contributed by atoms with van der Waals surface area (Å²) in [4.78, 5) is -0.0741. The highest BCUT2D eigenvalue weighted by atomic mass is 32.2. The van der Waals surface area contributed by atoms with Gasteiger partial charge in [-0.1, -0.05) is 70.6 Å². The fourth-order valence-corrected chi connectivity index (χ4v) is 2.09. The van der Waals surface area contributed by atoms with Crippen LogP contribution in [0.5, 0.6) is 0 Å². The minimum absolute atomic E-state index is 0.0741. The lowest BCUT2D eigenvalue weighted by atomic mass is 10.1. The first-order chi connectivity index (χ1) is 11.6. The van der Waals surface area contributed by atoms with Crippen LogP contribution >= 0.6 is 0 Å². The first-order valence-electron chi connectivity index (χ1n) is 8.12. The Balaban J connectivity index is 0. The van der Waals surface area contributed by atoms with Crippen LogP contribution < -0.4 is 16.8 Å². The lowest BCUT2D eigenvalue weighted by Gasteiger charge is -1.95. The van der Waals surface area contributed by atoms with Crippen molar-refractivity contribution in [3.8, 4) is 0 Å². The topological polar surface area (TPSA) is 166 Å². The van der Waals surface area contributed by atoms with Crippen LogP contribution in [0, 0.1) is 10.8 Å². The van der Waals surface area contributed by atoms with Gasteiger partial charge in [0.1, 0.15) is 0 Å². The Morgan fingerprint density at radius 2 is 1.36 bits per heavy atom. The molecule has 25 heavy (non-hydrogen) atoms. The maximum Gasteiger partial charge on any atom is 0.294 e. The van der Waals surface area contributed by atoms with Gasteiger partial charge in [0.05, 0.1) is 4.90 Å². The monoisotopic (exact) mass is 373 g/mol. The number of nitrogens with two attached hydrogens (primary N) is 2. The summed E-state index contributed by atoms with van der Waals surface area (Å²) < 4.78 is 29.2. The molecule has 0 unspecified atom stereocenters. The molecule has 8 nitrogen and oxygen atoms in total. The number of benzene rings is 1. The van der Waals surface area contributed by atoms with Crippen molar-refractivity contribution in [2.45, 2.75) is 57.3 Å². The van der Waals surface area contributed by atoms with Crippen LogP contribution in [-0.2, 0) is 10.1 Å². The molecule has 0 fully saturated rings. The van der Waals surface area contributed by atoms with Crippen LogP contribution in [-0.4, -0.2) is 24.9 Å². The van der Waals surface area contributed by atoms with Crippen molar-refractivity contribution < 1.29 is 13.0 Å². The van der Waals surface area contributed by atoms with Gasteiger partial charge < -0.3 is 11.5 Å². The number of guanidine groups is 2. The van der Waals surface area contributed by atoms with Crippen molar-refractivity contribution in [3.05, 3.63) is 30.3 Å². The summed E-state index contributed by atoms with van der Waals surface area (Å²) in [5, 5.41) is 15.0. The average molecular weight is 374 g/mol. The van der Waals surface area contributed by atoms with Gasteiger partial charge in [0, 0.05) is 0 Å². The summed E-state index contributed by atoms with van der Waals surface area (Å²) >= 11 is 0. The molecule has 1 aromatic carbocycles. The van der Waals surface area contributed by atoms with Gasteiger partial charge >= 0.3 is 0 Å². The van der Waals surface area contributed by atoms with Gasteiger partial charge in [-0.05, 0) is 12.1 Å². The number of nitrogens with one attached hydrogen (secondary N) is 3. The Morgan fingerprint density at radius 1 is 0.960 bits per heavy atom. The second-order valence-electron chi connectivity index (χ2n) is 5.15. The average Bonchev–Trinajstić information content (AvgIpc) is 2.52. The highest BCUT2D eigenvalue weighted by Gasteiger charge is 2.05. The van der Waals surface area contributed by atoms with Gasteiger partial charge in [0.25, 0.3) is 10.1 Å². The Kier molecular flexibility index (Phi) is 15.5. The van der Waals surface area contributed by atoms with Gasteiger partial charge in [-0.2, -0.15) is 8.42 Å². The molecule has 0 saturated carbocycles. The number of unbranched alkanes of at least 4 members (excludes halogenated alkanes) is 5. The molecular formula is C16H31N5O3S. The normalized spacial score (nSPS) is 9.72. The van der Waals surface area contributed by atoms with E-state index < -0.39 is 10.1 Å². The summed E-state index contributed by atoms with van der Waals surface area (Å²) in [6.45, 7) is 4.51. The number of rotatable bonds is 6. The number of hydrogen-bond acceptors (Lipinski definition) is 4. The molecule has 1 aromatic rings. The van der Waals surface area contributed by atoms with Crippen LogP contribution in [0.25, 0.3) is 0 Å². The Bertz CT molecular complexity index is 559. The van der Waals surface area contributed by atoms with Crippen LogP contribution in [0.2, 0.25) is 0 Å². The van der Waals surface area contributed by atoms with Crippen molar-refractivity contribution in [2.24, 2.45) is 11.5 Å². The van der Waals surface area contributed by atoms with Crippen LogP contribution in [0.4, 0.5) is 0 Å². The first kappa shape index (κ1) is 25.1. The fourth-order valence-electron chi connectivity index (χ4n) is 1.59. The molecule has 0 bridgehead atoms. The second kappa shape index (κ2) is 15.4. The molecular weight excluding hydrogens is 342 g/mol. The minimum atomic E-state index is -4.00. The second-order valence-corrected chi connectivity index (χ2v) is 6.58. The van der Waals surface area contributed by atoms with E-state index in [4.69, 9.17) is 26.8 Å². The zero-order valence-electron chi connectivity index (χ0n) is 15.0. The van der Waals surface area contributed by atoms with Crippen LogP contribution in [0.3, 0.4) is 0 Å². The third kappa shape index (κ3) is 19.8. The van der Waals surface area contributed by atoms with E-state index in [2.05, 4.69) is 13.8 Å². The molecule has 0 heterocycles. The van der Waals surface area contributed by atoms with E-state index in [1.165, 1.54) is 50.7 Å². The predicted molar refractivity (Wildman–Crippen MR) is 102 cm³/mol. The third-order valence-corrected chi connectivity index (χ3v) is 3.64. The smallest absolute Gasteiger partial charge is 0.294 e. The molecule has 0 aliphatic carbocycles. The van der Waals surface area contributed by atoms with Gasteiger partial charge in [-0.3, -0.25) is 20.7 Å². The molecule has 8 N–H and O–H groups in total. The quantitative estimate of drug-likeness (QED) is 0.194. The van der Waals surface area contributed by atoms with Crippen molar-refractivity contribution >= 4 is 22.0 Å². The van der Waals surface area contributed by atoms with Crippen molar-refractivity contribution in [1.29, 1.82) is 10.8 Å². The molecule has 0 radical (unpaired) electrons. The maximum atomic E-state index is 10.4.